The van der Waals surface area contributed by atoms with Crippen LogP contribution < -0.4 is 5.32 Å². The van der Waals surface area contributed by atoms with E-state index in [1.54, 1.807) is 12.1 Å². The summed E-state index contributed by atoms with van der Waals surface area (Å²) in [6.07, 6.45) is 0. The molecule has 0 saturated heterocycles. The number of carbonyl (C=O) groups is 1. The molecule has 20 heavy (non-hydrogen) atoms. The lowest BCUT2D eigenvalue weighted by Crippen LogP contribution is -2.12. The Labute approximate surface area is 122 Å². The van der Waals surface area contributed by atoms with Crippen molar-refractivity contribution < 1.29 is 9.90 Å². The van der Waals surface area contributed by atoms with Crippen LogP contribution in [0.2, 0.25) is 0 Å². The summed E-state index contributed by atoms with van der Waals surface area (Å²) in [7, 11) is 0. The number of para-hydroxylation sites is 2. The highest BCUT2D eigenvalue weighted by Gasteiger charge is 2.10. The van der Waals surface area contributed by atoms with Gasteiger partial charge in [0.2, 0.25) is 5.95 Å². The summed E-state index contributed by atoms with van der Waals surface area (Å²) < 4.78 is 0.540. The summed E-state index contributed by atoms with van der Waals surface area (Å²) in [6, 6.07) is 12.1. The molecule has 1 aromatic heterocycles. The number of aromatic amines is 1. The highest BCUT2D eigenvalue weighted by molar-refractivity contribution is 9.10. The second kappa shape index (κ2) is 4.97. The van der Waals surface area contributed by atoms with Gasteiger partial charge in [-0.05, 0) is 46.3 Å². The average Bonchev–Trinajstić information content (AvgIpc) is 2.83. The third-order valence-electron chi connectivity index (χ3n) is 2.83. The van der Waals surface area contributed by atoms with Gasteiger partial charge in [0.1, 0.15) is 5.75 Å². The molecule has 3 aromatic rings. The predicted molar refractivity (Wildman–Crippen MR) is 79.9 cm³/mol. The highest BCUT2D eigenvalue weighted by Crippen LogP contribution is 2.24. The van der Waals surface area contributed by atoms with Crippen molar-refractivity contribution >= 4 is 38.8 Å². The minimum absolute atomic E-state index is 0.0160. The molecule has 6 heteroatoms. The number of nitrogens with zero attached hydrogens (tertiary/aromatic N) is 1. The lowest BCUT2D eigenvalue weighted by molar-refractivity contribution is 0.102. The van der Waals surface area contributed by atoms with Gasteiger partial charge in [0.25, 0.3) is 5.91 Å². The molecule has 0 radical (unpaired) electrons. The molecule has 1 amide bonds. The lowest BCUT2D eigenvalue weighted by Gasteiger charge is -2.03. The van der Waals surface area contributed by atoms with Crippen LogP contribution in [0.4, 0.5) is 5.95 Å². The van der Waals surface area contributed by atoms with Crippen molar-refractivity contribution in [3.8, 4) is 5.75 Å². The first-order chi connectivity index (χ1) is 9.63. The summed E-state index contributed by atoms with van der Waals surface area (Å²) in [5, 5.41) is 12.2. The fourth-order valence-corrected chi connectivity index (χ4v) is 2.09. The largest absolute Gasteiger partial charge is 0.507 e. The van der Waals surface area contributed by atoms with Crippen LogP contribution >= 0.6 is 15.9 Å². The van der Waals surface area contributed by atoms with Crippen molar-refractivity contribution in [1.29, 1.82) is 0 Å². The topological polar surface area (TPSA) is 78.0 Å². The van der Waals surface area contributed by atoms with E-state index < -0.39 is 0 Å². The first-order valence-corrected chi connectivity index (χ1v) is 6.67. The number of benzene rings is 2. The molecular formula is C14H10BrN3O2. The number of nitrogens with one attached hydrogen (secondary N) is 2. The normalized spacial score (nSPS) is 10.7. The van der Waals surface area contributed by atoms with Crippen LogP contribution in [0, 0.1) is 0 Å². The number of fused-ring (bicyclic) bond motifs is 1. The molecule has 0 aliphatic rings. The Morgan fingerprint density at radius 3 is 2.80 bits per heavy atom. The molecule has 1 heterocycles. The molecule has 3 N–H and O–H groups in total. The van der Waals surface area contributed by atoms with Crippen molar-refractivity contribution in [2.45, 2.75) is 0 Å². The Morgan fingerprint density at radius 2 is 2.05 bits per heavy atom. The number of hydrogen-bond donors (Lipinski definition) is 3. The first-order valence-electron chi connectivity index (χ1n) is 5.88. The molecule has 2 aromatic carbocycles. The molecule has 5 nitrogen and oxygen atoms in total. The Hall–Kier alpha value is -2.34. The molecule has 0 saturated carbocycles. The SMILES string of the molecule is O=C(Nc1nc2ccccc2[nH]1)c1ccc(Br)c(O)c1. The average molecular weight is 332 g/mol. The number of imidazole rings is 1. The number of hydrogen-bond acceptors (Lipinski definition) is 3. The number of H-pyrrole nitrogens is 1. The standard InChI is InChI=1S/C14H10BrN3O2/c15-9-6-5-8(7-12(9)19)13(20)18-14-16-10-3-1-2-4-11(10)17-14/h1-7,19H,(H2,16,17,18,20). The monoisotopic (exact) mass is 331 g/mol. The summed E-state index contributed by atoms with van der Waals surface area (Å²) in [6.45, 7) is 0. The molecule has 0 fully saturated rings. The van der Waals surface area contributed by atoms with Gasteiger partial charge in [0, 0.05) is 5.56 Å². The van der Waals surface area contributed by atoms with Crippen molar-refractivity contribution in [3.63, 3.8) is 0 Å². The fourth-order valence-electron chi connectivity index (χ4n) is 1.85. The van der Waals surface area contributed by atoms with E-state index in [1.165, 1.54) is 6.07 Å². The van der Waals surface area contributed by atoms with E-state index in [2.05, 4.69) is 31.2 Å². The van der Waals surface area contributed by atoms with Crippen LogP contribution in [0.3, 0.4) is 0 Å². The van der Waals surface area contributed by atoms with Crippen LogP contribution in [0.15, 0.2) is 46.9 Å². The minimum Gasteiger partial charge on any atom is -0.507 e. The van der Waals surface area contributed by atoms with E-state index in [4.69, 9.17) is 0 Å². The summed E-state index contributed by atoms with van der Waals surface area (Å²) in [5.41, 5.74) is 1.98. The van der Waals surface area contributed by atoms with Crippen LogP contribution in [0.25, 0.3) is 11.0 Å². The number of amides is 1. The van der Waals surface area contributed by atoms with E-state index in [-0.39, 0.29) is 11.7 Å². The fraction of sp³-hybridized carbons (Fsp3) is 0. The zero-order valence-electron chi connectivity index (χ0n) is 10.2. The molecule has 100 valence electrons. The number of rotatable bonds is 2. The second-order valence-electron chi connectivity index (χ2n) is 4.22. The molecule has 0 bridgehead atoms. The summed E-state index contributed by atoms with van der Waals surface area (Å²) in [5.74, 6) is 0.0488. The van der Waals surface area contributed by atoms with Gasteiger partial charge in [-0.15, -0.1) is 0 Å². The second-order valence-corrected chi connectivity index (χ2v) is 5.08. The van der Waals surface area contributed by atoms with Gasteiger partial charge in [-0.25, -0.2) is 4.98 Å². The maximum atomic E-state index is 12.1. The van der Waals surface area contributed by atoms with Gasteiger partial charge in [0.05, 0.1) is 15.5 Å². The molecule has 0 atom stereocenters. The van der Waals surface area contributed by atoms with Crippen molar-refractivity contribution in [2.24, 2.45) is 0 Å². The van der Waals surface area contributed by atoms with E-state index in [1.807, 2.05) is 24.3 Å². The molecule has 0 spiro atoms. The van der Waals surface area contributed by atoms with E-state index in [0.717, 1.165) is 11.0 Å². The van der Waals surface area contributed by atoms with E-state index in [0.29, 0.717) is 16.0 Å². The van der Waals surface area contributed by atoms with Crippen LogP contribution in [0.5, 0.6) is 5.75 Å². The zero-order chi connectivity index (χ0) is 14.1. The summed E-state index contributed by atoms with van der Waals surface area (Å²) in [4.78, 5) is 19.3. The van der Waals surface area contributed by atoms with Gasteiger partial charge in [0.15, 0.2) is 0 Å². The highest BCUT2D eigenvalue weighted by atomic mass is 79.9. The van der Waals surface area contributed by atoms with Crippen LogP contribution in [-0.2, 0) is 0 Å². The molecular weight excluding hydrogens is 322 g/mol. The number of phenolic OH excluding ortho intramolecular Hbond substituents is 1. The lowest BCUT2D eigenvalue weighted by atomic mass is 10.2. The number of anilines is 1. The molecule has 0 aliphatic carbocycles. The number of phenols is 1. The number of carbonyl (C=O) groups excluding carboxylic acids is 1. The van der Waals surface area contributed by atoms with Gasteiger partial charge < -0.3 is 10.1 Å². The molecule has 0 aliphatic heterocycles. The maximum absolute atomic E-state index is 12.1. The number of halogens is 1. The van der Waals surface area contributed by atoms with Gasteiger partial charge in [-0.1, -0.05) is 12.1 Å². The van der Waals surface area contributed by atoms with Crippen molar-refractivity contribution in [3.05, 3.63) is 52.5 Å². The van der Waals surface area contributed by atoms with Gasteiger partial charge >= 0.3 is 0 Å². The Morgan fingerprint density at radius 1 is 1.25 bits per heavy atom. The Kier molecular flexibility index (Phi) is 3.15. The predicted octanol–water partition coefficient (Wildman–Crippen LogP) is 3.28. The quantitative estimate of drug-likeness (QED) is 0.674. The number of aromatic nitrogens is 2. The zero-order valence-corrected chi connectivity index (χ0v) is 11.8. The van der Waals surface area contributed by atoms with E-state index in [9.17, 15) is 9.90 Å². The third-order valence-corrected chi connectivity index (χ3v) is 3.50. The van der Waals surface area contributed by atoms with Crippen LogP contribution in [-0.4, -0.2) is 21.0 Å². The molecule has 3 rings (SSSR count). The minimum atomic E-state index is -0.341. The van der Waals surface area contributed by atoms with Crippen molar-refractivity contribution in [1.82, 2.24) is 9.97 Å². The first kappa shape index (κ1) is 12.7. The van der Waals surface area contributed by atoms with Crippen molar-refractivity contribution in [2.75, 3.05) is 5.32 Å². The Bertz CT molecular complexity index is 765. The van der Waals surface area contributed by atoms with E-state index >= 15 is 0 Å². The maximum Gasteiger partial charge on any atom is 0.258 e. The van der Waals surface area contributed by atoms with Crippen LogP contribution in [0.1, 0.15) is 10.4 Å². The Balaban J connectivity index is 1.86. The van der Waals surface area contributed by atoms with Gasteiger partial charge in [-0.3, -0.25) is 10.1 Å². The molecule has 0 unspecified atom stereocenters. The smallest absolute Gasteiger partial charge is 0.258 e. The number of aromatic hydroxyl groups is 1. The third kappa shape index (κ3) is 2.37. The van der Waals surface area contributed by atoms with Gasteiger partial charge in [-0.2, -0.15) is 0 Å². The summed E-state index contributed by atoms with van der Waals surface area (Å²) >= 11 is 3.17.